The number of carbonyl (C=O) groups is 2. The predicted molar refractivity (Wildman–Crippen MR) is 138 cm³/mol. The molecule has 172 valence electrons. The number of rotatable bonds is 7. The summed E-state index contributed by atoms with van der Waals surface area (Å²) in [6.07, 6.45) is 0.763. The maximum atomic E-state index is 12.6. The fraction of sp³-hybridized carbons (Fsp3) is 0.0800. The summed E-state index contributed by atoms with van der Waals surface area (Å²) in [5.74, 6) is 0.0534. The molecule has 0 radical (unpaired) electrons. The molecule has 4 aromatic rings. The van der Waals surface area contributed by atoms with Crippen molar-refractivity contribution in [1.29, 1.82) is 0 Å². The number of nitrogens with zero attached hydrogens (tertiary/aromatic N) is 1. The van der Waals surface area contributed by atoms with E-state index in [0.29, 0.717) is 27.0 Å². The van der Waals surface area contributed by atoms with Gasteiger partial charge in [0, 0.05) is 14.6 Å². The number of fused-ring (bicyclic) bond motifs is 1. The van der Waals surface area contributed by atoms with Gasteiger partial charge in [-0.1, -0.05) is 45.7 Å². The van der Waals surface area contributed by atoms with Gasteiger partial charge in [-0.05, 0) is 67.1 Å². The SMILES string of the molecule is C[C@H](Oc1ccc(Br)cc1)C(=O)N/N=C\c1ccc(OC(=O)c2sc3ccccc3c2Cl)cc1. The minimum atomic E-state index is -0.721. The predicted octanol–water partition coefficient (Wildman–Crippen LogP) is 6.45. The summed E-state index contributed by atoms with van der Waals surface area (Å²) in [5.41, 5.74) is 3.16. The zero-order valence-electron chi connectivity index (χ0n) is 17.8. The molecule has 34 heavy (non-hydrogen) atoms. The summed E-state index contributed by atoms with van der Waals surface area (Å²) in [6.45, 7) is 1.64. The molecule has 0 aliphatic heterocycles. The van der Waals surface area contributed by atoms with Crippen molar-refractivity contribution in [2.75, 3.05) is 0 Å². The lowest BCUT2D eigenvalue weighted by Crippen LogP contribution is -2.33. The van der Waals surface area contributed by atoms with Crippen LogP contribution in [0.3, 0.4) is 0 Å². The Balaban J connectivity index is 1.31. The average molecular weight is 558 g/mol. The minimum Gasteiger partial charge on any atom is -0.481 e. The van der Waals surface area contributed by atoms with E-state index in [2.05, 4.69) is 26.5 Å². The number of hydrazone groups is 1. The smallest absolute Gasteiger partial charge is 0.355 e. The Bertz CT molecular complexity index is 1350. The van der Waals surface area contributed by atoms with E-state index >= 15 is 0 Å². The molecule has 0 aliphatic rings. The molecule has 0 spiro atoms. The van der Waals surface area contributed by atoms with E-state index < -0.39 is 12.1 Å². The standard InChI is InChI=1S/C25H18BrClN2O4S/c1-15(32-18-12-8-17(26)9-13-18)24(30)29-28-14-16-6-10-19(11-7-16)33-25(31)23-22(27)20-4-2-3-5-21(20)34-23/h2-15H,1H3,(H,29,30)/b28-14-/t15-/m0/s1. The van der Waals surface area contributed by atoms with Crippen LogP contribution in [0.5, 0.6) is 11.5 Å². The largest absolute Gasteiger partial charge is 0.481 e. The highest BCUT2D eigenvalue weighted by Gasteiger charge is 2.19. The van der Waals surface area contributed by atoms with E-state index in [4.69, 9.17) is 21.1 Å². The second kappa shape index (κ2) is 10.8. The van der Waals surface area contributed by atoms with Gasteiger partial charge in [-0.2, -0.15) is 5.10 Å². The van der Waals surface area contributed by atoms with Crippen LogP contribution in [0.2, 0.25) is 5.02 Å². The van der Waals surface area contributed by atoms with Crippen molar-refractivity contribution in [3.8, 4) is 11.5 Å². The lowest BCUT2D eigenvalue weighted by molar-refractivity contribution is -0.127. The molecule has 4 rings (SSSR count). The summed E-state index contributed by atoms with van der Waals surface area (Å²) in [6, 6.07) is 21.4. The van der Waals surface area contributed by atoms with Crippen LogP contribution < -0.4 is 14.9 Å². The van der Waals surface area contributed by atoms with Crippen LogP contribution in [0.15, 0.2) is 82.4 Å². The van der Waals surface area contributed by atoms with Crippen molar-refractivity contribution in [2.45, 2.75) is 13.0 Å². The number of carbonyl (C=O) groups excluding carboxylic acids is 2. The molecule has 0 aliphatic carbocycles. The van der Waals surface area contributed by atoms with Gasteiger partial charge < -0.3 is 9.47 Å². The molecule has 1 atom stereocenters. The first-order chi connectivity index (χ1) is 16.4. The highest BCUT2D eigenvalue weighted by molar-refractivity contribution is 9.10. The van der Waals surface area contributed by atoms with Crippen LogP contribution in [0.25, 0.3) is 10.1 Å². The molecular formula is C25H18BrClN2O4S. The second-order valence-corrected chi connectivity index (χ2v) is 9.49. The Kier molecular flexibility index (Phi) is 7.62. The molecule has 0 saturated carbocycles. The van der Waals surface area contributed by atoms with Gasteiger partial charge in [-0.3, -0.25) is 4.79 Å². The normalized spacial score (nSPS) is 12.0. The monoisotopic (exact) mass is 556 g/mol. The molecule has 1 amide bonds. The molecule has 1 heterocycles. The molecule has 0 bridgehead atoms. The van der Waals surface area contributed by atoms with E-state index in [0.717, 1.165) is 14.6 Å². The summed E-state index contributed by atoms with van der Waals surface area (Å²) in [4.78, 5) is 25.1. The maximum absolute atomic E-state index is 12.6. The maximum Gasteiger partial charge on any atom is 0.355 e. The van der Waals surface area contributed by atoms with Crippen molar-refractivity contribution in [3.05, 3.63) is 92.7 Å². The van der Waals surface area contributed by atoms with Crippen molar-refractivity contribution >= 4 is 67.0 Å². The van der Waals surface area contributed by atoms with Gasteiger partial charge in [0.05, 0.1) is 11.2 Å². The number of amides is 1. The number of esters is 1. The molecule has 0 fully saturated rings. The van der Waals surface area contributed by atoms with Crippen molar-refractivity contribution in [2.24, 2.45) is 5.10 Å². The van der Waals surface area contributed by atoms with Gasteiger partial charge in [0.2, 0.25) is 0 Å². The number of hydrogen-bond donors (Lipinski definition) is 1. The van der Waals surface area contributed by atoms with E-state index in [1.807, 2.05) is 36.4 Å². The molecule has 1 aromatic heterocycles. The van der Waals surface area contributed by atoms with E-state index in [1.165, 1.54) is 17.6 Å². The van der Waals surface area contributed by atoms with E-state index in [9.17, 15) is 9.59 Å². The highest BCUT2D eigenvalue weighted by atomic mass is 79.9. The lowest BCUT2D eigenvalue weighted by Gasteiger charge is -2.12. The first-order valence-corrected chi connectivity index (χ1v) is 12.1. The Hall–Kier alpha value is -3.20. The topological polar surface area (TPSA) is 77.0 Å². The number of thiophene rings is 1. The Morgan fingerprint density at radius 3 is 2.41 bits per heavy atom. The van der Waals surface area contributed by atoms with Gasteiger partial charge in [0.15, 0.2) is 6.10 Å². The molecule has 0 saturated heterocycles. The van der Waals surface area contributed by atoms with Crippen molar-refractivity contribution < 1.29 is 19.1 Å². The first kappa shape index (κ1) is 23.9. The molecule has 1 N–H and O–H groups in total. The Labute approximate surface area is 213 Å². The van der Waals surface area contributed by atoms with Crippen LogP contribution in [-0.2, 0) is 4.79 Å². The Morgan fingerprint density at radius 1 is 1.03 bits per heavy atom. The van der Waals surface area contributed by atoms with Crippen LogP contribution in [0.4, 0.5) is 0 Å². The van der Waals surface area contributed by atoms with Gasteiger partial charge in [0.1, 0.15) is 16.4 Å². The molecule has 6 nitrogen and oxygen atoms in total. The third-order valence-corrected chi connectivity index (χ3v) is 6.88. The number of benzene rings is 3. The summed E-state index contributed by atoms with van der Waals surface area (Å²) in [5, 5.41) is 5.17. The number of halogens is 2. The summed E-state index contributed by atoms with van der Waals surface area (Å²) in [7, 11) is 0. The van der Waals surface area contributed by atoms with Crippen LogP contribution in [0.1, 0.15) is 22.2 Å². The fourth-order valence-electron chi connectivity index (χ4n) is 2.95. The van der Waals surface area contributed by atoms with Crippen molar-refractivity contribution in [3.63, 3.8) is 0 Å². The van der Waals surface area contributed by atoms with Crippen LogP contribution >= 0.6 is 38.9 Å². The van der Waals surface area contributed by atoms with Gasteiger partial charge >= 0.3 is 5.97 Å². The lowest BCUT2D eigenvalue weighted by atomic mass is 10.2. The molecule has 9 heteroatoms. The fourth-order valence-corrected chi connectivity index (χ4v) is 4.60. The quantitative estimate of drug-likeness (QED) is 0.123. The number of ether oxygens (including phenoxy) is 2. The summed E-state index contributed by atoms with van der Waals surface area (Å²) < 4.78 is 12.9. The highest BCUT2D eigenvalue weighted by Crippen LogP contribution is 2.35. The number of hydrogen-bond acceptors (Lipinski definition) is 6. The van der Waals surface area contributed by atoms with Crippen molar-refractivity contribution in [1.82, 2.24) is 5.43 Å². The number of nitrogens with one attached hydrogen (secondary N) is 1. The molecule has 0 unspecified atom stereocenters. The first-order valence-electron chi connectivity index (χ1n) is 10.1. The van der Waals surface area contributed by atoms with Gasteiger partial charge in [0.25, 0.3) is 5.91 Å². The van der Waals surface area contributed by atoms with Gasteiger partial charge in [-0.15, -0.1) is 11.3 Å². The Morgan fingerprint density at radius 2 is 1.71 bits per heavy atom. The minimum absolute atomic E-state index is 0.357. The third-order valence-electron chi connectivity index (χ3n) is 4.70. The summed E-state index contributed by atoms with van der Waals surface area (Å²) >= 11 is 11.0. The molecular weight excluding hydrogens is 540 g/mol. The third kappa shape index (κ3) is 5.83. The molecule has 3 aromatic carbocycles. The average Bonchev–Trinajstić information content (AvgIpc) is 3.18. The zero-order valence-corrected chi connectivity index (χ0v) is 21.0. The van der Waals surface area contributed by atoms with E-state index in [1.54, 1.807) is 43.3 Å². The van der Waals surface area contributed by atoms with Gasteiger partial charge in [-0.25, -0.2) is 10.2 Å². The van der Waals surface area contributed by atoms with E-state index in [-0.39, 0.29) is 5.91 Å². The second-order valence-electron chi connectivity index (χ2n) is 7.15. The van der Waals surface area contributed by atoms with Crippen LogP contribution in [0, 0.1) is 0 Å². The zero-order chi connectivity index (χ0) is 24.1. The van der Waals surface area contributed by atoms with Crippen LogP contribution in [-0.4, -0.2) is 24.2 Å².